The molecule has 0 atom stereocenters. The third kappa shape index (κ3) is 4.93. The molecule has 0 saturated heterocycles. The number of rotatable bonds is 7. The Morgan fingerprint density at radius 3 is 2.73 bits per heavy atom. The van der Waals surface area contributed by atoms with Gasteiger partial charge in [0.1, 0.15) is 12.4 Å². The third-order valence-electron chi connectivity index (χ3n) is 2.91. The summed E-state index contributed by atoms with van der Waals surface area (Å²) < 4.78 is 5.68. The van der Waals surface area contributed by atoms with Crippen LogP contribution in [-0.2, 0) is 6.61 Å². The number of hydrogen-bond donors (Lipinski definition) is 2. The van der Waals surface area contributed by atoms with E-state index in [1.165, 1.54) is 0 Å². The lowest BCUT2D eigenvalue weighted by molar-refractivity contribution is 0.0933. The number of nitrogens with zero attached hydrogens (tertiary/aromatic N) is 1. The number of carbonyl (C=O) groups is 1. The van der Waals surface area contributed by atoms with Gasteiger partial charge in [-0.05, 0) is 23.8 Å². The first-order valence-electron chi connectivity index (χ1n) is 6.96. The van der Waals surface area contributed by atoms with Crippen molar-refractivity contribution < 1.29 is 9.53 Å². The van der Waals surface area contributed by atoms with Gasteiger partial charge < -0.3 is 4.74 Å². The molecule has 0 radical (unpaired) electrons. The average Bonchev–Trinajstić information content (AvgIpc) is 2.58. The van der Waals surface area contributed by atoms with Crippen LogP contribution >= 0.6 is 0 Å². The van der Waals surface area contributed by atoms with E-state index in [1.807, 2.05) is 42.5 Å². The minimum absolute atomic E-state index is 0.261. The van der Waals surface area contributed by atoms with Crippen LogP contribution in [0.15, 0.2) is 54.6 Å². The van der Waals surface area contributed by atoms with E-state index in [4.69, 9.17) is 10.00 Å². The molecule has 0 aromatic heterocycles. The normalized spacial score (nSPS) is 9.77. The van der Waals surface area contributed by atoms with Crippen LogP contribution in [0.5, 0.6) is 5.75 Å². The highest BCUT2D eigenvalue weighted by molar-refractivity contribution is 5.94. The Morgan fingerprint density at radius 2 is 1.95 bits per heavy atom. The molecule has 0 unspecified atom stereocenters. The number of benzene rings is 2. The second kappa shape index (κ2) is 8.45. The van der Waals surface area contributed by atoms with Crippen molar-refractivity contribution in [2.75, 3.05) is 6.54 Å². The molecule has 0 spiro atoms. The Bertz CT molecular complexity index is 650. The predicted octanol–water partition coefficient (Wildman–Crippen LogP) is 2.41. The maximum atomic E-state index is 11.9. The molecular weight excluding hydrogens is 278 g/mol. The number of carbonyl (C=O) groups excluding carboxylic acids is 1. The van der Waals surface area contributed by atoms with Crippen molar-refractivity contribution in [2.24, 2.45) is 0 Å². The van der Waals surface area contributed by atoms with Crippen molar-refractivity contribution in [2.45, 2.75) is 13.0 Å². The molecule has 22 heavy (non-hydrogen) atoms. The van der Waals surface area contributed by atoms with E-state index < -0.39 is 0 Å². The molecule has 0 aliphatic heterocycles. The van der Waals surface area contributed by atoms with Gasteiger partial charge in [-0.1, -0.05) is 36.4 Å². The molecule has 2 aromatic carbocycles. The van der Waals surface area contributed by atoms with Crippen LogP contribution in [0.25, 0.3) is 0 Å². The molecule has 5 heteroatoms. The quantitative estimate of drug-likeness (QED) is 0.607. The summed E-state index contributed by atoms with van der Waals surface area (Å²) in [6.07, 6.45) is 0.334. The molecule has 0 aliphatic rings. The number of amides is 1. The van der Waals surface area contributed by atoms with Crippen LogP contribution in [0.1, 0.15) is 22.3 Å². The molecule has 0 aliphatic carbocycles. The second-order valence-corrected chi connectivity index (χ2v) is 4.59. The smallest absolute Gasteiger partial charge is 0.265 e. The van der Waals surface area contributed by atoms with E-state index >= 15 is 0 Å². The van der Waals surface area contributed by atoms with Crippen LogP contribution in [0.3, 0.4) is 0 Å². The second-order valence-electron chi connectivity index (χ2n) is 4.59. The molecule has 0 fully saturated rings. The summed E-state index contributed by atoms with van der Waals surface area (Å²) in [4.78, 5) is 11.9. The topological polar surface area (TPSA) is 74.2 Å². The van der Waals surface area contributed by atoms with Crippen molar-refractivity contribution in [1.82, 2.24) is 10.9 Å². The van der Waals surface area contributed by atoms with Crippen LogP contribution in [0.4, 0.5) is 0 Å². The molecule has 2 N–H and O–H groups in total. The van der Waals surface area contributed by atoms with Crippen molar-refractivity contribution in [3.05, 3.63) is 65.7 Å². The Labute approximate surface area is 129 Å². The molecule has 0 heterocycles. The van der Waals surface area contributed by atoms with Crippen LogP contribution in [0.2, 0.25) is 0 Å². The van der Waals surface area contributed by atoms with Gasteiger partial charge in [0.25, 0.3) is 5.91 Å². The number of hydrazine groups is 1. The summed E-state index contributed by atoms with van der Waals surface area (Å²) >= 11 is 0. The maximum absolute atomic E-state index is 11.9. The lowest BCUT2D eigenvalue weighted by Crippen LogP contribution is -2.37. The first kappa shape index (κ1) is 15.5. The van der Waals surface area contributed by atoms with Crippen LogP contribution in [-0.4, -0.2) is 12.5 Å². The fourth-order valence-electron chi connectivity index (χ4n) is 1.80. The van der Waals surface area contributed by atoms with Gasteiger partial charge >= 0.3 is 0 Å². The van der Waals surface area contributed by atoms with Gasteiger partial charge in [0.05, 0.1) is 6.07 Å². The molecule has 2 rings (SSSR count). The van der Waals surface area contributed by atoms with Gasteiger partial charge in [-0.3, -0.25) is 10.2 Å². The average molecular weight is 295 g/mol. The van der Waals surface area contributed by atoms with Crippen molar-refractivity contribution in [3.8, 4) is 11.8 Å². The highest BCUT2D eigenvalue weighted by Crippen LogP contribution is 2.15. The van der Waals surface area contributed by atoms with Gasteiger partial charge in [0.15, 0.2) is 0 Å². The summed E-state index contributed by atoms with van der Waals surface area (Å²) in [7, 11) is 0. The molecule has 0 saturated carbocycles. The number of nitriles is 1. The SMILES string of the molecule is N#CCCNNC(=O)c1cccc(OCc2ccccc2)c1. The van der Waals surface area contributed by atoms with E-state index in [0.29, 0.717) is 30.9 Å². The fourth-order valence-corrected chi connectivity index (χ4v) is 1.80. The standard InChI is InChI=1S/C17H17N3O2/c18-10-5-11-19-20-17(21)15-8-4-9-16(12-15)22-13-14-6-2-1-3-7-14/h1-4,6-9,12,19H,5,11,13H2,(H,20,21). The summed E-state index contributed by atoms with van der Waals surface area (Å²) in [6, 6.07) is 18.8. The van der Waals surface area contributed by atoms with Crippen molar-refractivity contribution in [3.63, 3.8) is 0 Å². The predicted molar refractivity (Wildman–Crippen MR) is 82.9 cm³/mol. The van der Waals surface area contributed by atoms with E-state index in [9.17, 15) is 4.79 Å². The highest BCUT2D eigenvalue weighted by Gasteiger charge is 2.06. The third-order valence-corrected chi connectivity index (χ3v) is 2.91. The first-order chi connectivity index (χ1) is 10.8. The van der Waals surface area contributed by atoms with Gasteiger partial charge in [-0.15, -0.1) is 0 Å². The molecule has 2 aromatic rings. The Hall–Kier alpha value is -2.84. The minimum atomic E-state index is -0.261. The largest absolute Gasteiger partial charge is 0.489 e. The molecule has 5 nitrogen and oxygen atoms in total. The molecule has 1 amide bonds. The summed E-state index contributed by atoms with van der Waals surface area (Å²) in [5.41, 5.74) is 6.80. The number of hydrogen-bond acceptors (Lipinski definition) is 4. The maximum Gasteiger partial charge on any atom is 0.265 e. The Morgan fingerprint density at radius 1 is 1.14 bits per heavy atom. The van der Waals surface area contributed by atoms with Gasteiger partial charge in [-0.2, -0.15) is 5.26 Å². The zero-order valence-corrected chi connectivity index (χ0v) is 12.1. The van der Waals surface area contributed by atoms with Crippen molar-refractivity contribution in [1.29, 1.82) is 5.26 Å². The Balaban J connectivity index is 1.89. The summed E-state index contributed by atoms with van der Waals surface area (Å²) in [5, 5.41) is 8.42. The van der Waals surface area contributed by atoms with Gasteiger partial charge in [-0.25, -0.2) is 5.43 Å². The summed E-state index contributed by atoms with van der Waals surface area (Å²) in [5.74, 6) is 0.372. The number of nitrogens with one attached hydrogen (secondary N) is 2. The molecule has 0 bridgehead atoms. The zero-order chi connectivity index (χ0) is 15.6. The molecule has 112 valence electrons. The fraction of sp³-hybridized carbons (Fsp3) is 0.176. The summed E-state index contributed by atoms with van der Waals surface area (Å²) in [6.45, 7) is 0.860. The van der Waals surface area contributed by atoms with E-state index in [1.54, 1.807) is 18.2 Å². The van der Waals surface area contributed by atoms with E-state index in [-0.39, 0.29) is 5.91 Å². The highest BCUT2D eigenvalue weighted by atomic mass is 16.5. The lowest BCUT2D eigenvalue weighted by Gasteiger charge is -2.09. The van der Waals surface area contributed by atoms with E-state index in [0.717, 1.165) is 5.56 Å². The van der Waals surface area contributed by atoms with Crippen LogP contribution in [0, 0.1) is 11.3 Å². The van der Waals surface area contributed by atoms with Gasteiger partial charge in [0, 0.05) is 18.5 Å². The van der Waals surface area contributed by atoms with Gasteiger partial charge in [0.2, 0.25) is 0 Å². The van der Waals surface area contributed by atoms with Crippen LogP contribution < -0.4 is 15.6 Å². The van der Waals surface area contributed by atoms with E-state index in [2.05, 4.69) is 10.9 Å². The van der Waals surface area contributed by atoms with Crippen molar-refractivity contribution >= 4 is 5.91 Å². The Kier molecular flexibility index (Phi) is 5.97. The number of ether oxygens (including phenoxy) is 1. The first-order valence-corrected chi connectivity index (χ1v) is 6.96. The minimum Gasteiger partial charge on any atom is -0.489 e. The zero-order valence-electron chi connectivity index (χ0n) is 12.1. The monoisotopic (exact) mass is 295 g/mol. The molecular formula is C17H17N3O2. The lowest BCUT2D eigenvalue weighted by atomic mass is 10.2.